The average molecular weight is 405 g/mol. The van der Waals surface area contributed by atoms with Gasteiger partial charge in [-0.25, -0.2) is 4.79 Å². The molecule has 0 aromatic carbocycles. The van der Waals surface area contributed by atoms with Crippen LogP contribution >= 0.6 is 0 Å². The van der Waals surface area contributed by atoms with Crippen LogP contribution in [0.25, 0.3) is 0 Å². The van der Waals surface area contributed by atoms with E-state index in [0.29, 0.717) is 18.5 Å². The third kappa shape index (κ3) is 5.28. The summed E-state index contributed by atoms with van der Waals surface area (Å²) >= 11 is 0. The van der Waals surface area contributed by atoms with Crippen molar-refractivity contribution in [2.45, 2.75) is 78.9 Å². The fraction of sp³-hybridized carbons (Fsp3) is 0.591. The predicted molar refractivity (Wildman–Crippen MR) is 110 cm³/mol. The van der Waals surface area contributed by atoms with E-state index in [1.807, 2.05) is 41.5 Å². The van der Waals surface area contributed by atoms with Gasteiger partial charge < -0.3 is 19.8 Å². The van der Waals surface area contributed by atoms with Crippen LogP contribution in [-0.4, -0.2) is 41.6 Å². The standard InChI is InChI=1S/C22H32N2O5/c1-8-14-13(3)20(26)24-17(14)11-16-12(2)15(9-10-18(25)28-7)19(23-16)21(27)29-22(4,5)6/h17,23H,8-11H2,1-7H3,(H,24,26). The van der Waals surface area contributed by atoms with Gasteiger partial charge in [-0.05, 0) is 64.2 Å². The Balaban J connectivity index is 2.37. The number of carbonyl (C=O) groups is 3. The molecule has 0 spiro atoms. The molecule has 0 saturated carbocycles. The second-order valence-corrected chi connectivity index (χ2v) is 8.39. The fourth-order valence-corrected chi connectivity index (χ4v) is 3.69. The van der Waals surface area contributed by atoms with Gasteiger partial charge in [0.2, 0.25) is 5.91 Å². The Bertz CT molecular complexity index is 842. The number of rotatable bonds is 7. The molecule has 0 saturated heterocycles. The van der Waals surface area contributed by atoms with Gasteiger partial charge in [-0.2, -0.15) is 0 Å². The summed E-state index contributed by atoms with van der Waals surface area (Å²) in [7, 11) is 1.34. The first-order chi connectivity index (χ1) is 13.5. The van der Waals surface area contributed by atoms with Crippen molar-refractivity contribution in [3.63, 3.8) is 0 Å². The first-order valence-corrected chi connectivity index (χ1v) is 9.99. The summed E-state index contributed by atoms with van der Waals surface area (Å²) in [5.41, 5.74) is 4.09. The monoisotopic (exact) mass is 404 g/mol. The summed E-state index contributed by atoms with van der Waals surface area (Å²) in [6.45, 7) is 11.2. The number of carbonyl (C=O) groups excluding carboxylic acids is 3. The lowest BCUT2D eigenvalue weighted by atomic mass is 9.97. The molecule has 0 fully saturated rings. The van der Waals surface area contributed by atoms with Crippen LogP contribution in [0, 0.1) is 6.92 Å². The first kappa shape index (κ1) is 22.7. The van der Waals surface area contributed by atoms with Gasteiger partial charge in [-0.1, -0.05) is 6.92 Å². The molecule has 1 amide bonds. The predicted octanol–water partition coefficient (Wildman–Crippen LogP) is 3.15. The molecule has 1 unspecified atom stereocenters. The minimum Gasteiger partial charge on any atom is -0.469 e. The molecule has 0 aliphatic carbocycles. The van der Waals surface area contributed by atoms with Crippen LogP contribution in [-0.2, 0) is 31.9 Å². The van der Waals surface area contributed by atoms with E-state index >= 15 is 0 Å². The summed E-state index contributed by atoms with van der Waals surface area (Å²) in [5.74, 6) is -0.837. The molecule has 0 radical (unpaired) electrons. The van der Waals surface area contributed by atoms with Crippen LogP contribution in [0.15, 0.2) is 11.1 Å². The van der Waals surface area contributed by atoms with Gasteiger partial charge in [0, 0.05) is 24.1 Å². The Labute approximate surface area is 172 Å². The van der Waals surface area contributed by atoms with Crippen molar-refractivity contribution in [1.82, 2.24) is 10.3 Å². The smallest absolute Gasteiger partial charge is 0.355 e. The molecule has 1 aromatic heterocycles. The third-order valence-electron chi connectivity index (χ3n) is 5.23. The van der Waals surface area contributed by atoms with Crippen LogP contribution in [0.4, 0.5) is 0 Å². The third-order valence-corrected chi connectivity index (χ3v) is 5.23. The zero-order valence-electron chi connectivity index (χ0n) is 18.4. The number of nitrogens with one attached hydrogen (secondary N) is 2. The van der Waals surface area contributed by atoms with Gasteiger partial charge in [0.15, 0.2) is 0 Å². The fourth-order valence-electron chi connectivity index (χ4n) is 3.69. The number of ether oxygens (including phenoxy) is 2. The van der Waals surface area contributed by atoms with Gasteiger partial charge in [-0.15, -0.1) is 0 Å². The van der Waals surface area contributed by atoms with Crippen LogP contribution in [0.2, 0.25) is 0 Å². The summed E-state index contributed by atoms with van der Waals surface area (Å²) < 4.78 is 10.3. The van der Waals surface area contributed by atoms with E-state index in [4.69, 9.17) is 9.47 Å². The van der Waals surface area contributed by atoms with Crippen molar-refractivity contribution in [2.24, 2.45) is 0 Å². The molecular formula is C22H32N2O5. The van der Waals surface area contributed by atoms with Crippen molar-refractivity contribution in [2.75, 3.05) is 7.11 Å². The summed E-state index contributed by atoms with van der Waals surface area (Å²) in [6.07, 6.45) is 1.87. The summed E-state index contributed by atoms with van der Waals surface area (Å²) in [5, 5.41) is 3.01. The zero-order chi connectivity index (χ0) is 21.9. The Morgan fingerprint density at radius 1 is 1.17 bits per heavy atom. The SMILES string of the molecule is CCC1=C(C)C(=O)NC1Cc1[nH]c(C(=O)OC(C)(C)C)c(CCC(=O)OC)c1C. The topological polar surface area (TPSA) is 97.5 Å². The lowest BCUT2D eigenvalue weighted by Gasteiger charge is -2.19. The van der Waals surface area contributed by atoms with Crippen molar-refractivity contribution >= 4 is 17.8 Å². The normalized spacial score (nSPS) is 16.8. The van der Waals surface area contributed by atoms with E-state index in [1.165, 1.54) is 7.11 Å². The number of aromatic amines is 1. The van der Waals surface area contributed by atoms with Gasteiger partial charge in [-0.3, -0.25) is 9.59 Å². The van der Waals surface area contributed by atoms with E-state index in [2.05, 4.69) is 10.3 Å². The quantitative estimate of drug-likeness (QED) is 0.681. The number of aromatic nitrogens is 1. The number of methoxy groups -OCH3 is 1. The Kier molecular flexibility index (Phi) is 6.93. The highest BCUT2D eigenvalue weighted by Gasteiger charge is 2.31. The largest absolute Gasteiger partial charge is 0.469 e. The molecule has 1 aromatic rings. The molecule has 1 aliphatic rings. The Morgan fingerprint density at radius 2 is 1.83 bits per heavy atom. The summed E-state index contributed by atoms with van der Waals surface area (Å²) in [4.78, 5) is 39.7. The zero-order valence-corrected chi connectivity index (χ0v) is 18.4. The maximum Gasteiger partial charge on any atom is 0.355 e. The lowest BCUT2D eigenvalue weighted by molar-refractivity contribution is -0.140. The van der Waals surface area contributed by atoms with E-state index < -0.39 is 11.6 Å². The van der Waals surface area contributed by atoms with E-state index in [9.17, 15) is 14.4 Å². The lowest BCUT2D eigenvalue weighted by Crippen LogP contribution is -2.31. The molecule has 1 aliphatic heterocycles. The van der Waals surface area contributed by atoms with Gasteiger partial charge in [0.25, 0.3) is 0 Å². The number of esters is 2. The maximum atomic E-state index is 12.8. The minimum atomic E-state index is -0.634. The number of hydrogen-bond acceptors (Lipinski definition) is 5. The van der Waals surface area contributed by atoms with Crippen LogP contribution < -0.4 is 5.32 Å². The van der Waals surface area contributed by atoms with Crippen molar-refractivity contribution in [3.8, 4) is 0 Å². The van der Waals surface area contributed by atoms with Crippen LogP contribution in [0.1, 0.15) is 74.8 Å². The average Bonchev–Trinajstić information content (AvgIpc) is 3.08. The van der Waals surface area contributed by atoms with Crippen molar-refractivity contribution in [3.05, 3.63) is 33.7 Å². The maximum absolute atomic E-state index is 12.8. The molecule has 29 heavy (non-hydrogen) atoms. The molecule has 2 heterocycles. The highest BCUT2D eigenvalue weighted by atomic mass is 16.6. The van der Waals surface area contributed by atoms with Crippen molar-refractivity contribution in [1.29, 1.82) is 0 Å². The highest BCUT2D eigenvalue weighted by molar-refractivity contribution is 5.97. The second-order valence-electron chi connectivity index (χ2n) is 8.39. The highest BCUT2D eigenvalue weighted by Crippen LogP contribution is 2.28. The molecule has 7 heteroatoms. The molecule has 1 atom stereocenters. The van der Waals surface area contributed by atoms with Crippen LogP contribution in [0.5, 0.6) is 0 Å². The Hall–Kier alpha value is -2.57. The summed E-state index contributed by atoms with van der Waals surface area (Å²) in [6, 6.07) is -0.107. The molecule has 2 N–H and O–H groups in total. The van der Waals surface area contributed by atoms with E-state index in [1.54, 1.807) is 0 Å². The number of H-pyrrole nitrogens is 1. The Morgan fingerprint density at radius 3 is 2.38 bits per heavy atom. The number of hydrogen-bond donors (Lipinski definition) is 2. The first-order valence-electron chi connectivity index (χ1n) is 9.99. The number of amides is 1. The van der Waals surface area contributed by atoms with Gasteiger partial charge in [0.05, 0.1) is 13.2 Å². The second kappa shape index (κ2) is 8.84. The molecular weight excluding hydrogens is 372 g/mol. The molecule has 0 bridgehead atoms. The van der Waals surface area contributed by atoms with Crippen LogP contribution in [0.3, 0.4) is 0 Å². The molecule has 2 rings (SSSR count). The van der Waals surface area contributed by atoms with E-state index in [0.717, 1.165) is 34.4 Å². The van der Waals surface area contributed by atoms with Gasteiger partial charge >= 0.3 is 11.9 Å². The van der Waals surface area contributed by atoms with E-state index in [-0.39, 0.29) is 24.3 Å². The van der Waals surface area contributed by atoms with Gasteiger partial charge in [0.1, 0.15) is 11.3 Å². The molecule has 7 nitrogen and oxygen atoms in total. The molecule has 160 valence electrons. The van der Waals surface area contributed by atoms with Crippen molar-refractivity contribution < 1.29 is 23.9 Å². The minimum absolute atomic E-state index is 0.0469.